The molecule has 2 aliphatic rings. The van der Waals surface area contributed by atoms with Crippen LogP contribution in [0.2, 0.25) is 0 Å². The zero-order valence-electron chi connectivity index (χ0n) is 10.7. The van der Waals surface area contributed by atoms with E-state index in [1.807, 2.05) is 6.07 Å². The minimum Gasteiger partial charge on any atom is -0.382 e. The SMILES string of the molecule is COCC1(c2ccccc2)CN=C(N)N1C1CC1. The van der Waals surface area contributed by atoms with E-state index in [0.29, 0.717) is 25.2 Å². The van der Waals surface area contributed by atoms with Gasteiger partial charge in [0.1, 0.15) is 5.54 Å². The summed E-state index contributed by atoms with van der Waals surface area (Å²) >= 11 is 0. The predicted octanol–water partition coefficient (Wildman–Crippen LogP) is 1.32. The van der Waals surface area contributed by atoms with Crippen LogP contribution in [0.4, 0.5) is 0 Å². The maximum absolute atomic E-state index is 6.08. The van der Waals surface area contributed by atoms with Gasteiger partial charge in [-0.15, -0.1) is 0 Å². The van der Waals surface area contributed by atoms with Crippen LogP contribution in [0.25, 0.3) is 0 Å². The first kappa shape index (κ1) is 11.5. The Labute approximate surface area is 107 Å². The third kappa shape index (κ3) is 1.68. The zero-order chi connectivity index (χ0) is 12.6. The molecule has 1 saturated carbocycles. The lowest BCUT2D eigenvalue weighted by Crippen LogP contribution is -2.53. The number of ether oxygens (including phenoxy) is 1. The van der Waals surface area contributed by atoms with Crippen LogP contribution < -0.4 is 5.73 Å². The topological polar surface area (TPSA) is 50.9 Å². The lowest BCUT2D eigenvalue weighted by atomic mass is 9.89. The number of nitrogens with zero attached hydrogens (tertiary/aromatic N) is 2. The number of nitrogens with two attached hydrogens (primary N) is 1. The highest BCUT2D eigenvalue weighted by molar-refractivity contribution is 5.82. The summed E-state index contributed by atoms with van der Waals surface area (Å²) in [6.07, 6.45) is 2.41. The van der Waals surface area contributed by atoms with Crippen LogP contribution in [0.1, 0.15) is 18.4 Å². The van der Waals surface area contributed by atoms with Crippen molar-refractivity contribution in [2.45, 2.75) is 24.4 Å². The minimum absolute atomic E-state index is 0.207. The third-order valence-electron chi connectivity index (χ3n) is 3.82. The van der Waals surface area contributed by atoms with Gasteiger partial charge in [-0.05, 0) is 18.4 Å². The van der Waals surface area contributed by atoms with E-state index in [4.69, 9.17) is 10.5 Å². The molecule has 1 aliphatic carbocycles. The molecule has 1 aromatic rings. The molecule has 2 N–H and O–H groups in total. The molecule has 3 rings (SSSR count). The van der Waals surface area contributed by atoms with Crippen molar-refractivity contribution in [3.63, 3.8) is 0 Å². The Balaban J connectivity index is 2.01. The van der Waals surface area contributed by atoms with E-state index in [0.717, 1.165) is 0 Å². The van der Waals surface area contributed by atoms with Gasteiger partial charge in [-0.25, -0.2) is 0 Å². The van der Waals surface area contributed by atoms with Gasteiger partial charge in [-0.2, -0.15) is 0 Å². The van der Waals surface area contributed by atoms with E-state index in [2.05, 4.69) is 34.2 Å². The molecule has 96 valence electrons. The predicted molar refractivity (Wildman–Crippen MR) is 71.3 cm³/mol. The molecule has 1 unspecified atom stereocenters. The fourth-order valence-electron chi connectivity index (χ4n) is 2.87. The summed E-state index contributed by atoms with van der Waals surface area (Å²) in [5.74, 6) is 0.665. The summed E-state index contributed by atoms with van der Waals surface area (Å²) in [6.45, 7) is 1.31. The van der Waals surface area contributed by atoms with Crippen LogP contribution >= 0.6 is 0 Å². The van der Waals surface area contributed by atoms with Gasteiger partial charge in [-0.3, -0.25) is 4.99 Å². The normalized spacial score (nSPS) is 27.4. The summed E-state index contributed by atoms with van der Waals surface area (Å²) in [7, 11) is 1.74. The second-order valence-electron chi connectivity index (χ2n) is 5.11. The van der Waals surface area contributed by atoms with Gasteiger partial charge in [0.15, 0.2) is 5.96 Å². The molecule has 0 aromatic heterocycles. The molecule has 0 radical (unpaired) electrons. The lowest BCUT2D eigenvalue weighted by Gasteiger charge is -2.39. The van der Waals surface area contributed by atoms with Crippen LogP contribution in [0.15, 0.2) is 35.3 Å². The van der Waals surface area contributed by atoms with E-state index in [9.17, 15) is 0 Å². The summed E-state index contributed by atoms with van der Waals surface area (Å²) in [4.78, 5) is 6.74. The molecule has 4 nitrogen and oxygen atoms in total. The number of benzene rings is 1. The summed E-state index contributed by atoms with van der Waals surface area (Å²) in [6, 6.07) is 11.0. The molecular formula is C14H19N3O. The molecule has 4 heteroatoms. The van der Waals surface area contributed by atoms with Crippen molar-refractivity contribution >= 4 is 5.96 Å². The highest BCUT2D eigenvalue weighted by Crippen LogP contribution is 2.41. The largest absolute Gasteiger partial charge is 0.382 e. The summed E-state index contributed by atoms with van der Waals surface area (Å²) < 4.78 is 5.47. The van der Waals surface area contributed by atoms with Gasteiger partial charge in [-0.1, -0.05) is 30.3 Å². The molecule has 0 spiro atoms. The average Bonchev–Trinajstić information content (AvgIpc) is 3.17. The highest BCUT2D eigenvalue weighted by atomic mass is 16.5. The minimum atomic E-state index is -0.207. The smallest absolute Gasteiger partial charge is 0.192 e. The van der Waals surface area contributed by atoms with Crippen LogP contribution in [0.5, 0.6) is 0 Å². The summed E-state index contributed by atoms with van der Waals surface area (Å²) in [5.41, 5.74) is 7.12. The maximum atomic E-state index is 6.08. The number of rotatable bonds is 4. The number of aliphatic imine (C=N–C) groups is 1. The number of hydrogen-bond acceptors (Lipinski definition) is 4. The number of methoxy groups -OCH3 is 1. The lowest BCUT2D eigenvalue weighted by molar-refractivity contribution is 0.0606. The van der Waals surface area contributed by atoms with Crippen LogP contribution in [0, 0.1) is 0 Å². The van der Waals surface area contributed by atoms with E-state index in [1.165, 1.54) is 18.4 Å². The Morgan fingerprint density at radius 2 is 2.11 bits per heavy atom. The van der Waals surface area contributed by atoms with Gasteiger partial charge in [0.2, 0.25) is 0 Å². The van der Waals surface area contributed by atoms with Crippen molar-refractivity contribution in [1.29, 1.82) is 0 Å². The van der Waals surface area contributed by atoms with Crippen molar-refractivity contribution in [2.75, 3.05) is 20.3 Å². The molecular weight excluding hydrogens is 226 g/mol. The quantitative estimate of drug-likeness (QED) is 0.870. The molecule has 18 heavy (non-hydrogen) atoms. The van der Waals surface area contributed by atoms with Crippen LogP contribution in [-0.4, -0.2) is 37.2 Å². The van der Waals surface area contributed by atoms with E-state index in [1.54, 1.807) is 7.11 Å². The Bertz CT molecular complexity index is 455. The Kier molecular flexibility index (Phi) is 2.74. The number of guanidine groups is 1. The average molecular weight is 245 g/mol. The van der Waals surface area contributed by atoms with Gasteiger partial charge < -0.3 is 15.4 Å². The highest BCUT2D eigenvalue weighted by Gasteiger charge is 2.49. The monoisotopic (exact) mass is 245 g/mol. The fraction of sp³-hybridized carbons (Fsp3) is 0.500. The van der Waals surface area contributed by atoms with Gasteiger partial charge in [0, 0.05) is 13.2 Å². The molecule has 0 amide bonds. The third-order valence-corrected chi connectivity index (χ3v) is 3.82. The fourth-order valence-corrected chi connectivity index (χ4v) is 2.87. The first-order valence-corrected chi connectivity index (χ1v) is 6.42. The Hall–Kier alpha value is -1.55. The van der Waals surface area contributed by atoms with Gasteiger partial charge >= 0.3 is 0 Å². The van der Waals surface area contributed by atoms with Gasteiger partial charge in [0.05, 0.1) is 13.2 Å². The van der Waals surface area contributed by atoms with Crippen molar-refractivity contribution in [2.24, 2.45) is 10.7 Å². The maximum Gasteiger partial charge on any atom is 0.192 e. The second-order valence-corrected chi connectivity index (χ2v) is 5.11. The molecule has 0 bridgehead atoms. The van der Waals surface area contributed by atoms with E-state index >= 15 is 0 Å². The Morgan fingerprint density at radius 3 is 2.72 bits per heavy atom. The molecule has 1 aliphatic heterocycles. The van der Waals surface area contributed by atoms with Crippen molar-refractivity contribution in [3.8, 4) is 0 Å². The summed E-state index contributed by atoms with van der Waals surface area (Å²) in [5, 5.41) is 0. The standard InChI is InChI=1S/C14H19N3O/c1-18-10-14(11-5-3-2-4-6-11)9-16-13(15)17(14)12-7-8-12/h2-6,12H,7-10H2,1H3,(H2,15,16). The van der Waals surface area contributed by atoms with Crippen molar-refractivity contribution in [1.82, 2.24) is 4.90 Å². The van der Waals surface area contributed by atoms with Crippen LogP contribution in [-0.2, 0) is 10.3 Å². The Morgan fingerprint density at radius 1 is 1.39 bits per heavy atom. The van der Waals surface area contributed by atoms with Crippen molar-refractivity contribution in [3.05, 3.63) is 35.9 Å². The first-order valence-electron chi connectivity index (χ1n) is 6.42. The molecule has 0 saturated heterocycles. The van der Waals surface area contributed by atoms with E-state index in [-0.39, 0.29) is 5.54 Å². The molecule has 1 aromatic carbocycles. The molecule has 1 fully saturated rings. The molecule has 1 heterocycles. The van der Waals surface area contributed by atoms with Gasteiger partial charge in [0.25, 0.3) is 0 Å². The van der Waals surface area contributed by atoms with Crippen molar-refractivity contribution < 1.29 is 4.74 Å². The first-order chi connectivity index (χ1) is 8.78. The molecule has 1 atom stereocenters. The van der Waals surface area contributed by atoms with E-state index < -0.39 is 0 Å². The zero-order valence-corrected chi connectivity index (χ0v) is 10.7. The second kappa shape index (κ2) is 4.28. The number of hydrogen-bond donors (Lipinski definition) is 1. The van der Waals surface area contributed by atoms with Crippen LogP contribution in [0.3, 0.4) is 0 Å².